The van der Waals surface area contributed by atoms with Crippen molar-refractivity contribution in [3.63, 3.8) is 0 Å². The Labute approximate surface area is 205 Å². The molecule has 2 aliphatic heterocycles. The molecule has 1 saturated heterocycles. The second-order valence-corrected chi connectivity index (χ2v) is 7.51. The first-order valence-corrected chi connectivity index (χ1v) is 9.38. The van der Waals surface area contributed by atoms with Crippen LogP contribution < -0.4 is 34.7 Å². The minimum atomic E-state index is -1.32. The van der Waals surface area contributed by atoms with Crippen molar-refractivity contribution in [3.8, 4) is 0 Å². The number of rotatable bonds is 5. The van der Waals surface area contributed by atoms with Gasteiger partial charge in [0.25, 0.3) is 0 Å². The molecule has 4 aliphatic rings. The summed E-state index contributed by atoms with van der Waals surface area (Å²) in [5.41, 5.74) is -0.0153. The van der Waals surface area contributed by atoms with E-state index in [1.54, 1.807) is 6.92 Å². The average Bonchev–Trinajstić information content (AvgIpc) is 3.34. The van der Waals surface area contributed by atoms with E-state index in [1.807, 2.05) is 57.8 Å². The van der Waals surface area contributed by atoms with E-state index in [-0.39, 0.29) is 63.6 Å². The molecule has 10 radical (unpaired) electrons. The van der Waals surface area contributed by atoms with Gasteiger partial charge in [-0.3, -0.25) is 9.69 Å². The van der Waals surface area contributed by atoms with E-state index in [1.165, 1.54) is 16.7 Å². The van der Waals surface area contributed by atoms with E-state index in [0.717, 1.165) is 12.3 Å². The molecule has 0 aromatic carbocycles. The number of carbonyl (C=O) groups is 2. The van der Waals surface area contributed by atoms with Gasteiger partial charge >= 0.3 is 46.6 Å². The van der Waals surface area contributed by atoms with Crippen molar-refractivity contribution >= 4 is 23.6 Å². The monoisotopic (exact) mass is 449 g/mol. The van der Waals surface area contributed by atoms with E-state index >= 15 is 0 Å². The van der Waals surface area contributed by atoms with E-state index in [9.17, 15) is 19.8 Å². The number of carbonyl (C=O) groups excluding carboxylic acids is 2. The van der Waals surface area contributed by atoms with Crippen LogP contribution in [0.25, 0.3) is 0 Å². The van der Waals surface area contributed by atoms with Crippen LogP contribution in [-0.2, 0) is 26.7 Å². The van der Waals surface area contributed by atoms with Crippen LogP contribution in [0, 0.1) is 69.6 Å². The number of aliphatic hydroxyl groups is 1. The number of hydrogen-bond acceptors (Lipinski definition) is 5. The first kappa shape index (κ1) is 26.5. The van der Waals surface area contributed by atoms with Gasteiger partial charge in [-0.2, -0.15) is 0 Å². The Bertz CT molecular complexity index is 569. The largest absolute Gasteiger partial charge is 2.00 e. The third-order valence-corrected chi connectivity index (χ3v) is 5.92. The third-order valence-electron chi connectivity index (χ3n) is 4.49. The second-order valence-electron chi connectivity index (χ2n) is 6.30. The van der Waals surface area contributed by atoms with E-state index in [4.69, 9.17) is 0 Å². The first-order valence-electron chi connectivity index (χ1n) is 8.50. The van der Waals surface area contributed by atoms with Crippen LogP contribution in [0.3, 0.4) is 0 Å². The number of allylic oxidation sites excluding steroid dienone is 1. The fourth-order valence-electron chi connectivity index (χ4n) is 3.18. The molecule has 0 bridgehead atoms. The summed E-state index contributed by atoms with van der Waals surface area (Å²) >= 11 is 1.36. The second kappa shape index (κ2) is 12.4. The van der Waals surface area contributed by atoms with Crippen molar-refractivity contribution in [3.05, 3.63) is 74.3 Å². The SMILES string of the molecule is C[C@@H](O)[C@H]1C(=O)N2C(C(=O)[O-])=C(CC[C]3[CH][CH][CH][CH]3)S[C@H]12.[CH]1[CH][CH][CH][CH]1.[Fe+2].[Na+]. The molecule has 3 atom stereocenters. The number of nitrogens with zero attached hydrogens (tertiary/aromatic N) is 1. The van der Waals surface area contributed by atoms with Gasteiger partial charge < -0.3 is 15.0 Å². The van der Waals surface area contributed by atoms with Crippen LogP contribution in [0.5, 0.6) is 0 Å². The Morgan fingerprint density at radius 1 is 1.14 bits per heavy atom. The van der Waals surface area contributed by atoms with Crippen LogP contribution in [0.2, 0.25) is 0 Å². The molecule has 1 amide bonds. The zero-order valence-electron chi connectivity index (χ0n) is 15.7. The van der Waals surface area contributed by atoms with Crippen molar-refractivity contribution in [2.45, 2.75) is 31.2 Å². The van der Waals surface area contributed by atoms with Gasteiger partial charge in [-0.1, -0.05) is 0 Å². The number of carboxylic acid groups (broad SMARTS) is 1. The summed E-state index contributed by atoms with van der Waals surface area (Å²) in [6.07, 6.45) is 18.3. The van der Waals surface area contributed by atoms with Crippen LogP contribution >= 0.6 is 11.8 Å². The number of amides is 1. The zero-order valence-corrected chi connectivity index (χ0v) is 19.6. The minimum absolute atomic E-state index is 0. The molecule has 2 heterocycles. The number of β-lactam (4-membered cyclic amide) rings is 1. The Hall–Kier alpha value is 0.509. The molecule has 142 valence electrons. The average molecular weight is 449 g/mol. The van der Waals surface area contributed by atoms with Gasteiger partial charge in [0.05, 0.1) is 23.7 Å². The molecule has 2 saturated carbocycles. The zero-order chi connectivity index (χ0) is 18.7. The molecule has 3 fully saturated rings. The van der Waals surface area contributed by atoms with Crippen LogP contribution in [0.15, 0.2) is 10.6 Å². The summed E-state index contributed by atoms with van der Waals surface area (Å²) in [6.45, 7) is 1.56. The molecule has 28 heavy (non-hydrogen) atoms. The molecular weight excluding hydrogens is 429 g/mol. The van der Waals surface area contributed by atoms with Crippen LogP contribution in [0.1, 0.15) is 19.8 Å². The molecule has 0 aromatic rings. The van der Waals surface area contributed by atoms with Crippen molar-refractivity contribution in [2.24, 2.45) is 5.92 Å². The van der Waals surface area contributed by atoms with E-state index in [0.29, 0.717) is 11.3 Å². The number of thioether (sulfide) groups is 1. The van der Waals surface area contributed by atoms with Gasteiger partial charge in [0.15, 0.2) is 0 Å². The fraction of sp³-hybridized carbons (Fsp3) is 0.300. The van der Waals surface area contributed by atoms with Crippen LogP contribution in [0.4, 0.5) is 0 Å². The molecule has 1 N–H and O–H groups in total. The Morgan fingerprint density at radius 3 is 2.14 bits per heavy atom. The number of aliphatic hydroxyl groups excluding tert-OH is 1. The maximum absolute atomic E-state index is 12.0. The summed E-state index contributed by atoms with van der Waals surface area (Å²) in [7, 11) is 0. The van der Waals surface area contributed by atoms with Gasteiger partial charge in [0.1, 0.15) is 5.37 Å². The molecule has 0 aromatic heterocycles. The minimum Gasteiger partial charge on any atom is -0.543 e. The molecular formula is C20H20FeNNaO4S+2. The topological polar surface area (TPSA) is 80.7 Å². The van der Waals surface area contributed by atoms with Crippen molar-refractivity contribution in [1.29, 1.82) is 0 Å². The quantitative estimate of drug-likeness (QED) is 0.391. The smallest absolute Gasteiger partial charge is 0.543 e. The molecule has 4 rings (SSSR count). The van der Waals surface area contributed by atoms with E-state index in [2.05, 4.69) is 0 Å². The van der Waals surface area contributed by atoms with Gasteiger partial charge in [-0.05, 0) is 83.5 Å². The molecule has 5 nitrogen and oxygen atoms in total. The summed E-state index contributed by atoms with van der Waals surface area (Å²) in [6, 6.07) is 0. The van der Waals surface area contributed by atoms with Crippen LogP contribution in [-0.4, -0.2) is 33.4 Å². The Balaban J connectivity index is 0.000000490. The van der Waals surface area contributed by atoms with Gasteiger partial charge in [0, 0.05) is 4.91 Å². The summed E-state index contributed by atoms with van der Waals surface area (Å²) in [5, 5.41) is 20.7. The maximum atomic E-state index is 12.0. The number of fused-ring (bicyclic) bond motifs is 1. The van der Waals surface area contributed by atoms with Gasteiger partial charge in [-0.15, -0.1) is 11.8 Å². The predicted molar refractivity (Wildman–Crippen MR) is 96.6 cm³/mol. The maximum Gasteiger partial charge on any atom is 2.00 e. The van der Waals surface area contributed by atoms with E-state index < -0.39 is 18.0 Å². The Kier molecular flexibility index (Phi) is 11.7. The fourth-order valence-corrected chi connectivity index (χ4v) is 4.79. The van der Waals surface area contributed by atoms with Gasteiger partial charge in [0.2, 0.25) is 5.91 Å². The first-order chi connectivity index (χ1) is 12.5. The normalized spacial score (nSPS) is 27.2. The van der Waals surface area contributed by atoms with Gasteiger partial charge in [-0.25, -0.2) is 0 Å². The number of aliphatic carboxylic acids is 1. The molecule has 0 unspecified atom stereocenters. The van der Waals surface area contributed by atoms with Crippen molar-refractivity contribution in [2.75, 3.05) is 0 Å². The molecule has 8 heteroatoms. The summed E-state index contributed by atoms with van der Waals surface area (Å²) < 4.78 is 0. The number of hydrogen-bond donors (Lipinski definition) is 1. The Morgan fingerprint density at radius 2 is 1.68 bits per heavy atom. The molecule has 0 spiro atoms. The number of carboxylic acids is 1. The van der Waals surface area contributed by atoms with Crippen molar-refractivity contribution < 1.29 is 66.4 Å². The summed E-state index contributed by atoms with van der Waals surface area (Å²) in [4.78, 5) is 25.3. The summed E-state index contributed by atoms with van der Waals surface area (Å²) in [5.74, 6) is -1.04. The predicted octanol–water partition coefficient (Wildman–Crippen LogP) is -1.93. The van der Waals surface area contributed by atoms with Crippen molar-refractivity contribution in [1.82, 2.24) is 4.90 Å². The third kappa shape index (κ3) is 6.02. The molecule has 2 aliphatic carbocycles. The standard InChI is InChI=1S/C15H16NO4S.C5H5.Fe.Na/c1-8(17)11-13(18)16-12(15(19)20)10(21-14(11)16)7-6-9-4-2-3-5-9;1-2-4-5-3-1;;/h2-5,8,11,14,17H,6-7H2,1H3,(H,19,20);1-5H;;/q;;+2;+1/p-1/t8-,11+,14-;;;/m1.../s1.